The van der Waals surface area contributed by atoms with Crippen LogP contribution in [-0.4, -0.2) is 66.2 Å². The zero-order chi connectivity index (χ0) is 28.5. The maximum absolute atomic E-state index is 13.4. The molecule has 0 heterocycles. The molecule has 1 aliphatic carbocycles. The van der Waals surface area contributed by atoms with E-state index in [0.717, 1.165) is 41.3 Å². The van der Waals surface area contributed by atoms with Crippen molar-refractivity contribution in [3.8, 4) is 0 Å². The molecular formula is C31H42N4O4. The van der Waals surface area contributed by atoms with E-state index in [1.165, 1.54) is 0 Å². The van der Waals surface area contributed by atoms with Crippen molar-refractivity contribution < 1.29 is 20.1 Å². The summed E-state index contributed by atoms with van der Waals surface area (Å²) in [6.07, 6.45) is 2.77. The molecule has 0 fully saturated rings. The molecule has 0 aliphatic heterocycles. The van der Waals surface area contributed by atoms with Gasteiger partial charge in [-0.3, -0.25) is 4.79 Å². The Bertz CT molecular complexity index is 1270. The van der Waals surface area contributed by atoms with Gasteiger partial charge in [-0.25, -0.2) is 4.99 Å². The van der Waals surface area contributed by atoms with Crippen LogP contribution in [0.5, 0.6) is 0 Å². The highest BCUT2D eigenvalue weighted by Crippen LogP contribution is 2.30. The Kier molecular flexibility index (Phi) is 10.7. The van der Waals surface area contributed by atoms with Gasteiger partial charge in [-0.15, -0.1) is 0 Å². The number of ketones is 1. The van der Waals surface area contributed by atoms with Crippen molar-refractivity contribution in [1.29, 1.82) is 0 Å². The molecule has 2 aromatic carbocycles. The molecule has 0 atom stereocenters. The van der Waals surface area contributed by atoms with Gasteiger partial charge in [0.05, 0.1) is 24.6 Å². The summed E-state index contributed by atoms with van der Waals surface area (Å²) in [5.41, 5.74) is 6.43. The summed E-state index contributed by atoms with van der Waals surface area (Å²) >= 11 is 0. The number of nitrogens with zero attached hydrogens (tertiary/aromatic N) is 3. The third kappa shape index (κ3) is 7.07. The van der Waals surface area contributed by atoms with Crippen LogP contribution in [0.3, 0.4) is 0 Å². The van der Waals surface area contributed by atoms with Crippen LogP contribution < -0.4 is 15.1 Å². The molecule has 0 spiro atoms. The molecule has 1 aliphatic rings. The lowest BCUT2D eigenvalue weighted by Crippen LogP contribution is -2.26. The molecule has 210 valence electrons. The molecule has 0 saturated heterocycles. The zero-order valence-corrected chi connectivity index (χ0v) is 23.8. The van der Waals surface area contributed by atoms with Gasteiger partial charge in [0.1, 0.15) is 11.5 Å². The number of carbonyl (C=O) groups is 1. The summed E-state index contributed by atoms with van der Waals surface area (Å²) in [5.74, 6) is -0.317. The standard InChI is InChI=1S/C31H42N4O4/c1-6-9-25-30(38)28(32-26-12-10-23(18-21(26)4)34(7-2)14-16-36)20-29(31(25)39)33-27-13-11-24(19-22(27)5)35(8-3)15-17-37/h10-13,18-20,32,36-37,39H,6-9,14-17H2,1-5H3/b33-29-. The van der Waals surface area contributed by atoms with E-state index in [-0.39, 0.29) is 24.8 Å². The molecule has 0 aromatic heterocycles. The molecule has 3 rings (SSSR count). The van der Waals surface area contributed by atoms with Gasteiger partial charge in [0, 0.05) is 48.8 Å². The van der Waals surface area contributed by atoms with Crippen LogP contribution in [-0.2, 0) is 4.79 Å². The average Bonchev–Trinajstić information content (AvgIpc) is 2.92. The van der Waals surface area contributed by atoms with Crippen LogP contribution >= 0.6 is 0 Å². The van der Waals surface area contributed by atoms with Crippen LogP contribution in [0.15, 0.2) is 64.5 Å². The Morgan fingerprint density at radius 3 is 1.97 bits per heavy atom. The van der Waals surface area contributed by atoms with Crippen molar-refractivity contribution in [3.05, 3.63) is 70.6 Å². The number of aryl methyl sites for hydroxylation is 2. The lowest BCUT2D eigenvalue weighted by Gasteiger charge is -2.24. The van der Waals surface area contributed by atoms with E-state index in [1.807, 2.05) is 71.0 Å². The van der Waals surface area contributed by atoms with Crippen LogP contribution in [0.4, 0.5) is 22.7 Å². The van der Waals surface area contributed by atoms with Crippen molar-refractivity contribution in [2.75, 3.05) is 54.5 Å². The van der Waals surface area contributed by atoms with E-state index in [1.54, 1.807) is 6.08 Å². The number of nitrogens with one attached hydrogen (secondary N) is 1. The molecule has 2 aromatic rings. The number of carbonyl (C=O) groups excluding carboxylic acids is 1. The average molecular weight is 535 g/mol. The second kappa shape index (κ2) is 14.0. The number of benzene rings is 2. The van der Waals surface area contributed by atoms with Gasteiger partial charge in [-0.1, -0.05) is 13.3 Å². The summed E-state index contributed by atoms with van der Waals surface area (Å²) in [6, 6.07) is 11.8. The van der Waals surface area contributed by atoms with Crippen molar-refractivity contribution >= 4 is 34.2 Å². The normalized spacial score (nSPS) is 14.6. The molecular weight excluding hydrogens is 492 g/mol. The van der Waals surface area contributed by atoms with Gasteiger partial charge in [-0.2, -0.15) is 0 Å². The van der Waals surface area contributed by atoms with Crippen molar-refractivity contribution in [1.82, 2.24) is 0 Å². The van der Waals surface area contributed by atoms with Gasteiger partial charge in [0.15, 0.2) is 0 Å². The number of likely N-dealkylation sites (N-methyl/N-ethyl adjacent to an activating group) is 2. The predicted molar refractivity (Wildman–Crippen MR) is 161 cm³/mol. The number of allylic oxidation sites excluding steroid dienone is 2. The van der Waals surface area contributed by atoms with Crippen molar-refractivity contribution in [3.63, 3.8) is 0 Å². The molecule has 0 bridgehead atoms. The highest BCUT2D eigenvalue weighted by Gasteiger charge is 2.27. The lowest BCUT2D eigenvalue weighted by molar-refractivity contribution is -0.112. The third-order valence-electron chi connectivity index (χ3n) is 6.96. The van der Waals surface area contributed by atoms with Gasteiger partial charge in [-0.05, 0) is 87.7 Å². The molecule has 0 amide bonds. The van der Waals surface area contributed by atoms with Gasteiger partial charge >= 0.3 is 0 Å². The molecule has 4 N–H and O–H groups in total. The third-order valence-corrected chi connectivity index (χ3v) is 6.96. The Labute approximate surface area is 232 Å². The van der Waals surface area contributed by atoms with Gasteiger partial charge in [0.2, 0.25) is 5.78 Å². The van der Waals surface area contributed by atoms with Crippen molar-refractivity contribution in [2.45, 2.75) is 47.5 Å². The predicted octanol–water partition coefficient (Wildman–Crippen LogP) is 5.20. The zero-order valence-electron chi connectivity index (χ0n) is 23.8. The maximum Gasteiger partial charge on any atom is 0.209 e. The van der Waals surface area contributed by atoms with E-state index >= 15 is 0 Å². The van der Waals surface area contributed by atoms with Crippen LogP contribution in [0, 0.1) is 13.8 Å². The van der Waals surface area contributed by atoms with E-state index < -0.39 is 0 Å². The number of aliphatic imine (C=N–C) groups is 1. The lowest BCUT2D eigenvalue weighted by atomic mass is 9.94. The van der Waals surface area contributed by atoms with E-state index in [4.69, 9.17) is 4.99 Å². The summed E-state index contributed by atoms with van der Waals surface area (Å²) in [6.45, 7) is 12.8. The summed E-state index contributed by atoms with van der Waals surface area (Å²) < 4.78 is 0. The molecule has 0 radical (unpaired) electrons. The topological polar surface area (TPSA) is 109 Å². The first kappa shape index (κ1) is 29.9. The summed E-state index contributed by atoms with van der Waals surface area (Å²) in [5, 5.41) is 33.0. The number of hydrogen-bond donors (Lipinski definition) is 4. The fraction of sp³-hybridized carbons (Fsp3) is 0.419. The monoisotopic (exact) mass is 534 g/mol. The van der Waals surface area contributed by atoms with E-state index in [2.05, 4.69) is 15.1 Å². The quantitative estimate of drug-likeness (QED) is 0.262. The van der Waals surface area contributed by atoms with E-state index in [9.17, 15) is 20.1 Å². The summed E-state index contributed by atoms with van der Waals surface area (Å²) in [4.78, 5) is 22.3. The van der Waals surface area contributed by atoms with Crippen LogP contribution in [0.25, 0.3) is 0 Å². The number of aliphatic hydroxyl groups excluding tert-OH is 3. The van der Waals surface area contributed by atoms with Crippen LogP contribution in [0.1, 0.15) is 44.7 Å². The van der Waals surface area contributed by atoms with Crippen LogP contribution in [0.2, 0.25) is 0 Å². The highest BCUT2D eigenvalue weighted by molar-refractivity contribution is 6.24. The van der Waals surface area contributed by atoms with Gasteiger partial charge < -0.3 is 30.4 Å². The Morgan fingerprint density at radius 2 is 1.46 bits per heavy atom. The second-order valence-electron chi connectivity index (χ2n) is 9.66. The Balaban J connectivity index is 1.98. The number of rotatable bonds is 13. The fourth-order valence-corrected chi connectivity index (χ4v) is 4.76. The van der Waals surface area contributed by atoms with E-state index in [0.29, 0.717) is 48.6 Å². The smallest absolute Gasteiger partial charge is 0.209 e. The first-order valence-electron chi connectivity index (χ1n) is 13.7. The highest BCUT2D eigenvalue weighted by atomic mass is 16.3. The molecule has 8 heteroatoms. The Morgan fingerprint density at radius 1 is 0.872 bits per heavy atom. The summed E-state index contributed by atoms with van der Waals surface area (Å²) in [7, 11) is 0. The number of anilines is 3. The minimum absolute atomic E-state index is 0.0755. The molecule has 0 unspecified atom stereocenters. The second-order valence-corrected chi connectivity index (χ2v) is 9.66. The maximum atomic E-state index is 13.4. The number of Topliss-reactive ketones (excluding diaryl/α,β-unsaturated/α-hetero) is 1. The molecule has 39 heavy (non-hydrogen) atoms. The SMILES string of the molecule is CCCC1=C(O)/C(=N\c2ccc(N(CC)CCO)cc2C)C=C(Nc2ccc(N(CC)CCO)cc2C)C1=O. The number of hydrogen-bond acceptors (Lipinski definition) is 8. The molecule has 0 saturated carbocycles. The fourth-order valence-electron chi connectivity index (χ4n) is 4.76. The number of aliphatic hydroxyl groups is 3. The Hall–Kier alpha value is -3.62. The van der Waals surface area contributed by atoms with Crippen molar-refractivity contribution in [2.24, 2.45) is 4.99 Å². The largest absolute Gasteiger partial charge is 0.505 e. The minimum atomic E-state index is -0.234. The first-order chi connectivity index (χ1) is 18.8. The van der Waals surface area contributed by atoms with Gasteiger partial charge in [0.25, 0.3) is 0 Å². The first-order valence-corrected chi connectivity index (χ1v) is 13.7. The molecule has 8 nitrogen and oxygen atoms in total. The minimum Gasteiger partial charge on any atom is -0.505 e.